The number of benzene rings is 6. The predicted molar refractivity (Wildman–Crippen MR) is 206 cm³/mol. The third kappa shape index (κ3) is 7.17. The number of fused-ring (bicyclic) bond motifs is 2. The lowest BCUT2D eigenvalue weighted by atomic mass is 9.97. The monoisotopic (exact) mass is 702 g/mol. The lowest BCUT2D eigenvalue weighted by Crippen LogP contribution is -2.38. The Bertz CT molecular complexity index is 2250. The SMILES string of the molecule is C[C@H](c1ccc2ccccc2c1)N(C)C[C@@H]1C[C@H](c2ccc(CO)cc2)O[C@H](c2cccc(-c3cccc(CN4C(=O)c5ccccc5C4=O)c3)c2)O1. The van der Waals surface area contributed by atoms with E-state index in [9.17, 15) is 14.7 Å². The third-order valence-corrected chi connectivity index (χ3v) is 10.7. The van der Waals surface area contributed by atoms with E-state index in [-0.39, 0.29) is 43.2 Å². The summed E-state index contributed by atoms with van der Waals surface area (Å²) in [4.78, 5) is 29.8. The average molecular weight is 703 g/mol. The highest BCUT2D eigenvalue weighted by atomic mass is 16.7. The van der Waals surface area contributed by atoms with Gasteiger partial charge in [0.25, 0.3) is 11.8 Å². The van der Waals surface area contributed by atoms with Crippen LogP contribution in [0.4, 0.5) is 0 Å². The summed E-state index contributed by atoms with van der Waals surface area (Å²) in [7, 11) is 2.15. The Morgan fingerprint density at radius 3 is 2.11 bits per heavy atom. The molecule has 0 radical (unpaired) electrons. The Morgan fingerprint density at radius 1 is 0.698 bits per heavy atom. The van der Waals surface area contributed by atoms with Gasteiger partial charge in [0.1, 0.15) is 0 Å². The molecule has 8 rings (SSSR count). The van der Waals surface area contributed by atoms with Crippen molar-refractivity contribution in [3.63, 3.8) is 0 Å². The summed E-state index contributed by atoms with van der Waals surface area (Å²) >= 11 is 0. The molecule has 0 bridgehead atoms. The summed E-state index contributed by atoms with van der Waals surface area (Å²) in [6.07, 6.45) is -0.246. The van der Waals surface area contributed by atoms with Crippen LogP contribution in [0.2, 0.25) is 0 Å². The fourth-order valence-corrected chi connectivity index (χ4v) is 7.51. The first kappa shape index (κ1) is 34.6. The fourth-order valence-electron chi connectivity index (χ4n) is 7.51. The molecule has 6 aromatic rings. The quantitative estimate of drug-likeness (QED) is 0.144. The second kappa shape index (κ2) is 14.9. The van der Waals surface area contributed by atoms with Gasteiger partial charge in [-0.1, -0.05) is 109 Å². The zero-order chi connectivity index (χ0) is 36.5. The zero-order valence-corrected chi connectivity index (χ0v) is 29.9. The lowest BCUT2D eigenvalue weighted by molar-refractivity contribution is -0.253. The molecule has 4 atom stereocenters. The fraction of sp³-hybridized carbons (Fsp3) is 0.217. The van der Waals surface area contributed by atoms with Crippen LogP contribution in [-0.2, 0) is 22.6 Å². The number of imide groups is 1. The first-order chi connectivity index (χ1) is 25.8. The standard InChI is InChI=1S/C46H42N2O5/c1-30(35-22-21-33-10-3-4-11-37(33)24-35)47(2)28-40-26-43(34-19-17-31(29-49)18-20-34)53-46(52-40)39-14-8-13-38(25-39)36-12-7-9-32(23-36)27-48-44(50)41-15-5-6-16-42(41)45(48)51/h3-25,30,40,43,46,49H,26-29H2,1-2H3/t30-,40+,43-,46-/m1/s1. The molecule has 0 aromatic heterocycles. The molecule has 2 aliphatic rings. The highest BCUT2D eigenvalue weighted by Gasteiger charge is 2.36. The van der Waals surface area contributed by atoms with E-state index in [4.69, 9.17) is 9.47 Å². The molecule has 0 aliphatic carbocycles. The van der Waals surface area contributed by atoms with Gasteiger partial charge in [-0.15, -0.1) is 0 Å². The Morgan fingerprint density at radius 2 is 1.38 bits per heavy atom. The largest absolute Gasteiger partial charge is 0.392 e. The van der Waals surface area contributed by atoms with Crippen LogP contribution in [-0.4, -0.2) is 46.4 Å². The van der Waals surface area contributed by atoms with Gasteiger partial charge in [-0.05, 0) is 88.5 Å². The maximum atomic E-state index is 13.1. The Labute approximate surface area is 310 Å². The molecule has 0 spiro atoms. The summed E-state index contributed by atoms with van der Waals surface area (Å²) in [5.74, 6) is -0.533. The second-order valence-corrected chi connectivity index (χ2v) is 14.1. The van der Waals surface area contributed by atoms with Crippen molar-refractivity contribution >= 4 is 22.6 Å². The molecule has 0 saturated carbocycles. The summed E-state index contributed by atoms with van der Waals surface area (Å²) < 4.78 is 13.5. The van der Waals surface area contributed by atoms with E-state index >= 15 is 0 Å². The molecule has 2 heterocycles. The Kier molecular flexibility index (Phi) is 9.73. The Hall–Kier alpha value is -5.44. The number of hydrogen-bond donors (Lipinski definition) is 1. The van der Waals surface area contributed by atoms with Crippen molar-refractivity contribution in [2.75, 3.05) is 13.6 Å². The maximum absolute atomic E-state index is 13.1. The number of carbonyl (C=O) groups is 2. The summed E-state index contributed by atoms with van der Waals surface area (Å²) in [6.45, 7) is 3.12. The highest BCUT2D eigenvalue weighted by Crippen LogP contribution is 2.40. The molecule has 2 amide bonds. The molecule has 2 aliphatic heterocycles. The molecule has 266 valence electrons. The van der Waals surface area contributed by atoms with Crippen LogP contribution < -0.4 is 0 Å². The number of aliphatic hydroxyl groups is 1. The zero-order valence-electron chi connectivity index (χ0n) is 29.9. The molecule has 0 unspecified atom stereocenters. The van der Waals surface area contributed by atoms with Crippen molar-refractivity contribution in [3.8, 4) is 11.1 Å². The highest BCUT2D eigenvalue weighted by molar-refractivity contribution is 6.21. The van der Waals surface area contributed by atoms with Crippen LogP contribution in [0.5, 0.6) is 0 Å². The molecule has 7 heteroatoms. The maximum Gasteiger partial charge on any atom is 0.261 e. The van der Waals surface area contributed by atoms with Crippen LogP contribution in [0.3, 0.4) is 0 Å². The molecule has 53 heavy (non-hydrogen) atoms. The molecule has 1 saturated heterocycles. The topological polar surface area (TPSA) is 79.3 Å². The van der Waals surface area contributed by atoms with Gasteiger partial charge in [0.2, 0.25) is 0 Å². The Balaban J connectivity index is 1.03. The van der Waals surface area contributed by atoms with Crippen LogP contribution in [0, 0.1) is 0 Å². The molecule has 7 nitrogen and oxygen atoms in total. The van der Waals surface area contributed by atoms with E-state index in [0.29, 0.717) is 24.1 Å². The number of carbonyl (C=O) groups excluding carboxylic acids is 2. The first-order valence-corrected chi connectivity index (χ1v) is 18.2. The van der Waals surface area contributed by atoms with Crippen LogP contribution in [0.15, 0.2) is 140 Å². The number of ether oxygens (including phenoxy) is 2. The van der Waals surface area contributed by atoms with Gasteiger partial charge in [-0.3, -0.25) is 19.4 Å². The van der Waals surface area contributed by atoms with Crippen molar-refractivity contribution in [2.45, 2.75) is 51.0 Å². The number of rotatable bonds is 10. The molecular weight excluding hydrogens is 661 g/mol. The van der Waals surface area contributed by atoms with Gasteiger partial charge in [-0.25, -0.2) is 0 Å². The van der Waals surface area contributed by atoms with Gasteiger partial charge in [0.05, 0.1) is 36.5 Å². The number of nitrogens with zero attached hydrogens (tertiary/aromatic N) is 2. The van der Waals surface area contributed by atoms with Crippen molar-refractivity contribution in [1.82, 2.24) is 9.80 Å². The minimum atomic E-state index is -0.609. The second-order valence-electron chi connectivity index (χ2n) is 14.1. The van der Waals surface area contributed by atoms with E-state index in [0.717, 1.165) is 33.4 Å². The van der Waals surface area contributed by atoms with Crippen LogP contribution in [0.25, 0.3) is 21.9 Å². The molecule has 1 fully saturated rings. The molecule has 1 N–H and O–H groups in total. The minimum Gasteiger partial charge on any atom is -0.392 e. The number of hydrogen-bond acceptors (Lipinski definition) is 6. The summed E-state index contributed by atoms with van der Waals surface area (Å²) in [6, 6.07) is 46.4. The lowest BCUT2D eigenvalue weighted by Gasteiger charge is -2.39. The van der Waals surface area contributed by atoms with E-state index in [1.54, 1.807) is 24.3 Å². The van der Waals surface area contributed by atoms with Gasteiger partial charge < -0.3 is 14.6 Å². The van der Waals surface area contributed by atoms with E-state index in [2.05, 4.69) is 73.5 Å². The summed E-state index contributed by atoms with van der Waals surface area (Å²) in [5.41, 5.74) is 7.76. The van der Waals surface area contributed by atoms with Crippen molar-refractivity contribution in [3.05, 3.63) is 178 Å². The first-order valence-electron chi connectivity index (χ1n) is 18.2. The van der Waals surface area contributed by atoms with Crippen molar-refractivity contribution < 1.29 is 24.2 Å². The van der Waals surface area contributed by atoms with Gasteiger partial charge in [0.15, 0.2) is 6.29 Å². The number of aliphatic hydroxyl groups excluding tert-OH is 1. The van der Waals surface area contributed by atoms with Crippen LogP contribution >= 0.6 is 0 Å². The van der Waals surface area contributed by atoms with Gasteiger partial charge in [0, 0.05) is 24.6 Å². The van der Waals surface area contributed by atoms with Gasteiger partial charge in [-0.2, -0.15) is 0 Å². The van der Waals surface area contributed by atoms with Crippen LogP contribution in [0.1, 0.15) is 80.3 Å². The van der Waals surface area contributed by atoms with E-state index in [1.807, 2.05) is 60.7 Å². The van der Waals surface area contributed by atoms with Crippen molar-refractivity contribution in [1.29, 1.82) is 0 Å². The predicted octanol–water partition coefficient (Wildman–Crippen LogP) is 9.03. The number of likely N-dealkylation sites (N-methyl/N-ethyl adjacent to an activating group) is 1. The normalized spacial score (nSPS) is 19.2. The summed E-state index contributed by atoms with van der Waals surface area (Å²) in [5, 5.41) is 12.1. The van der Waals surface area contributed by atoms with E-state index in [1.165, 1.54) is 21.2 Å². The van der Waals surface area contributed by atoms with Gasteiger partial charge >= 0.3 is 0 Å². The van der Waals surface area contributed by atoms with Crippen molar-refractivity contribution in [2.24, 2.45) is 0 Å². The number of amides is 2. The smallest absolute Gasteiger partial charge is 0.261 e. The molecular formula is C46H42N2O5. The molecule has 6 aromatic carbocycles. The third-order valence-electron chi connectivity index (χ3n) is 10.7. The van der Waals surface area contributed by atoms with E-state index < -0.39 is 6.29 Å². The average Bonchev–Trinajstić information content (AvgIpc) is 3.45. The minimum absolute atomic E-state index is 0.0100.